The lowest BCUT2D eigenvalue weighted by atomic mass is 10.0. The van der Waals surface area contributed by atoms with Crippen LogP contribution in [0.4, 0.5) is 0 Å². The molecule has 1 amide bonds. The molecule has 3 nitrogen and oxygen atoms in total. The second kappa shape index (κ2) is 4.43. The van der Waals surface area contributed by atoms with E-state index in [9.17, 15) is 4.79 Å². The Hall–Kier alpha value is -1.29. The normalized spacial score (nSPS) is 16.6. The van der Waals surface area contributed by atoms with Gasteiger partial charge in [-0.25, -0.2) is 0 Å². The first-order chi connectivity index (χ1) is 8.66. The van der Waals surface area contributed by atoms with Gasteiger partial charge in [0.2, 0.25) is 0 Å². The number of aromatic amines is 1. The Morgan fingerprint density at radius 2 is 2.17 bits per heavy atom. The molecule has 18 heavy (non-hydrogen) atoms. The van der Waals surface area contributed by atoms with Gasteiger partial charge in [-0.15, -0.1) is 0 Å². The number of carbonyl (C=O) groups excluding carboxylic acids is 1. The first kappa shape index (κ1) is 11.8. The molecule has 0 saturated heterocycles. The number of fused-ring (bicyclic) bond motifs is 3. The number of amides is 1. The fourth-order valence-corrected chi connectivity index (χ4v) is 2.97. The van der Waals surface area contributed by atoms with E-state index in [1.165, 1.54) is 10.9 Å². The van der Waals surface area contributed by atoms with Crippen LogP contribution in [0.3, 0.4) is 0 Å². The third-order valence-electron chi connectivity index (χ3n) is 3.60. The summed E-state index contributed by atoms with van der Waals surface area (Å²) in [7, 11) is 1.87. The van der Waals surface area contributed by atoms with Crippen molar-refractivity contribution in [2.45, 2.75) is 19.3 Å². The van der Waals surface area contributed by atoms with Crippen LogP contribution in [-0.4, -0.2) is 29.4 Å². The molecule has 0 atom stereocenters. The number of carbonyl (C=O) groups is 1. The zero-order chi connectivity index (χ0) is 12.7. The Balaban J connectivity index is 2.23. The average molecular weight is 307 g/mol. The van der Waals surface area contributed by atoms with E-state index in [1.807, 2.05) is 24.1 Å². The number of aromatic nitrogens is 1. The molecule has 2 aromatic rings. The minimum Gasteiger partial charge on any atom is -0.350 e. The van der Waals surface area contributed by atoms with Gasteiger partial charge in [0.05, 0.1) is 0 Å². The molecule has 1 aliphatic rings. The Bertz CT molecular complexity index is 618. The molecule has 0 radical (unpaired) electrons. The van der Waals surface area contributed by atoms with Crippen LogP contribution >= 0.6 is 15.9 Å². The van der Waals surface area contributed by atoms with Crippen LogP contribution in [0.1, 0.15) is 28.9 Å². The lowest BCUT2D eigenvalue weighted by Gasteiger charge is -2.20. The molecule has 0 bridgehead atoms. The molecule has 1 aromatic heterocycles. The number of halogens is 1. The van der Waals surface area contributed by atoms with E-state index in [0.717, 1.165) is 41.5 Å². The van der Waals surface area contributed by atoms with Gasteiger partial charge in [-0.3, -0.25) is 4.79 Å². The quantitative estimate of drug-likeness (QED) is 0.796. The predicted octanol–water partition coefficient (Wildman–Crippen LogP) is 3.34. The number of rotatable bonds is 0. The van der Waals surface area contributed by atoms with Crippen LogP contribution < -0.4 is 0 Å². The highest BCUT2D eigenvalue weighted by atomic mass is 79.9. The fourth-order valence-electron chi connectivity index (χ4n) is 2.61. The molecule has 1 aromatic carbocycles. The van der Waals surface area contributed by atoms with Crippen LogP contribution in [0.2, 0.25) is 0 Å². The highest BCUT2D eigenvalue weighted by molar-refractivity contribution is 9.10. The molecule has 0 unspecified atom stereocenters. The number of hydrogen-bond donors (Lipinski definition) is 1. The van der Waals surface area contributed by atoms with Crippen molar-refractivity contribution in [3.05, 3.63) is 33.9 Å². The second-order valence-corrected chi connectivity index (χ2v) is 5.77. The summed E-state index contributed by atoms with van der Waals surface area (Å²) >= 11 is 3.50. The van der Waals surface area contributed by atoms with Crippen molar-refractivity contribution in [3.63, 3.8) is 0 Å². The van der Waals surface area contributed by atoms with Gasteiger partial charge in [0, 0.05) is 29.0 Å². The van der Waals surface area contributed by atoms with Crippen molar-refractivity contribution in [1.29, 1.82) is 0 Å². The molecule has 1 aliphatic heterocycles. The summed E-state index contributed by atoms with van der Waals surface area (Å²) in [5.74, 6) is 0.108. The predicted molar refractivity (Wildman–Crippen MR) is 75.9 cm³/mol. The highest BCUT2D eigenvalue weighted by Crippen LogP contribution is 2.29. The second-order valence-electron chi connectivity index (χ2n) is 4.85. The Morgan fingerprint density at radius 3 is 3.00 bits per heavy atom. The molecule has 1 N–H and O–H groups in total. The van der Waals surface area contributed by atoms with Gasteiger partial charge in [0.1, 0.15) is 5.69 Å². The zero-order valence-corrected chi connectivity index (χ0v) is 11.9. The average Bonchev–Trinajstić information content (AvgIpc) is 2.70. The van der Waals surface area contributed by atoms with E-state index < -0.39 is 0 Å². The van der Waals surface area contributed by atoms with Crippen LogP contribution in [0, 0.1) is 0 Å². The third-order valence-corrected chi connectivity index (χ3v) is 4.09. The van der Waals surface area contributed by atoms with Gasteiger partial charge in [0.25, 0.3) is 5.91 Å². The van der Waals surface area contributed by atoms with E-state index in [2.05, 4.69) is 27.0 Å². The van der Waals surface area contributed by atoms with Crippen molar-refractivity contribution in [2.75, 3.05) is 13.6 Å². The standard InChI is InChI=1S/C14H15BrN2O/c1-17-7-3-2-4-10-11-8-9(15)5-6-12(11)16-13(10)14(17)18/h5-6,8,16H,2-4,7H2,1H3. The summed E-state index contributed by atoms with van der Waals surface area (Å²) in [6.07, 6.45) is 3.18. The molecular formula is C14H15BrN2O. The summed E-state index contributed by atoms with van der Waals surface area (Å²) in [5, 5.41) is 1.17. The van der Waals surface area contributed by atoms with Gasteiger partial charge in [-0.05, 0) is 43.0 Å². The molecular weight excluding hydrogens is 292 g/mol. The van der Waals surface area contributed by atoms with Gasteiger partial charge >= 0.3 is 0 Å². The van der Waals surface area contributed by atoms with Crippen molar-refractivity contribution in [1.82, 2.24) is 9.88 Å². The van der Waals surface area contributed by atoms with E-state index in [4.69, 9.17) is 0 Å². The maximum absolute atomic E-state index is 12.3. The number of nitrogens with one attached hydrogen (secondary N) is 1. The third kappa shape index (κ3) is 1.85. The number of H-pyrrole nitrogens is 1. The van der Waals surface area contributed by atoms with Crippen LogP contribution in [-0.2, 0) is 6.42 Å². The Kier molecular flexibility index (Phi) is 2.90. The lowest BCUT2D eigenvalue weighted by Crippen LogP contribution is -2.30. The van der Waals surface area contributed by atoms with E-state index in [1.54, 1.807) is 0 Å². The maximum atomic E-state index is 12.3. The van der Waals surface area contributed by atoms with Gasteiger partial charge < -0.3 is 9.88 Å². The largest absolute Gasteiger partial charge is 0.350 e. The summed E-state index contributed by atoms with van der Waals surface area (Å²) < 4.78 is 1.06. The van der Waals surface area contributed by atoms with E-state index in [0.29, 0.717) is 0 Å². The van der Waals surface area contributed by atoms with Crippen molar-refractivity contribution < 1.29 is 4.79 Å². The van der Waals surface area contributed by atoms with Crippen molar-refractivity contribution in [3.8, 4) is 0 Å². The zero-order valence-electron chi connectivity index (χ0n) is 10.3. The minimum atomic E-state index is 0.108. The van der Waals surface area contributed by atoms with Crippen molar-refractivity contribution in [2.24, 2.45) is 0 Å². The fraction of sp³-hybridized carbons (Fsp3) is 0.357. The highest BCUT2D eigenvalue weighted by Gasteiger charge is 2.22. The van der Waals surface area contributed by atoms with Crippen LogP contribution in [0.5, 0.6) is 0 Å². The first-order valence-corrected chi connectivity index (χ1v) is 7.01. The van der Waals surface area contributed by atoms with Gasteiger partial charge in [-0.1, -0.05) is 15.9 Å². The molecule has 3 rings (SSSR count). The van der Waals surface area contributed by atoms with Gasteiger partial charge in [0.15, 0.2) is 0 Å². The summed E-state index contributed by atoms with van der Waals surface area (Å²) in [6, 6.07) is 6.12. The maximum Gasteiger partial charge on any atom is 0.270 e. The molecule has 0 spiro atoms. The monoisotopic (exact) mass is 306 g/mol. The Morgan fingerprint density at radius 1 is 1.33 bits per heavy atom. The number of nitrogens with zero attached hydrogens (tertiary/aromatic N) is 1. The smallest absolute Gasteiger partial charge is 0.270 e. The van der Waals surface area contributed by atoms with Gasteiger partial charge in [-0.2, -0.15) is 0 Å². The Labute approximate surface area is 114 Å². The number of benzene rings is 1. The SMILES string of the molecule is CN1CCCCc2c([nH]c3ccc(Br)cc23)C1=O. The van der Waals surface area contributed by atoms with Crippen molar-refractivity contribution >= 4 is 32.7 Å². The lowest BCUT2D eigenvalue weighted by molar-refractivity contribution is 0.0783. The number of aryl methyl sites for hydroxylation is 1. The first-order valence-electron chi connectivity index (χ1n) is 6.22. The molecule has 0 saturated carbocycles. The minimum absolute atomic E-state index is 0.108. The van der Waals surface area contributed by atoms with E-state index >= 15 is 0 Å². The topological polar surface area (TPSA) is 36.1 Å². The van der Waals surface area contributed by atoms with E-state index in [-0.39, 0.29) is 5.91 Å². The number of hydrogen-bond acceptors (Lipinski definition) is 1. The molecule has 0 fully saturated rings. The molecule has 2 heterocycles. The summed E-state index contributed by atoms with van der Waals surface area (Å²) in [6.45, 7) is 0.845. The molecule has 0 aliphatic carbocycles. The summed E-state index contributed by atoms with van der Waals surface area (Å²) in [4.78, 5) is 17.4. The summed E-state index contributed by atoms with van der Waals surface area (Å²) in [5.41, 5.74) is 2.99. The van der Waals surface area contributed by atoms with Crippen LogP contribution in [0.25, 0.3) is 10.9 Å². The molecule has 94 valence electrons. The molecule has 4 heteroatoms. The van der Waals surface area contributed by atoms with Crippen LogP contribution in [0.15, 0.2) is 22.7 Å².